The van der Waals surface area contributed by atoms with Gasteiger partial charge in [-0.25, -0.2) is 4.98 Å². The van der Waals surface area contributed by atoms with E-state index in [0.717, 1.165) is 36.8 Å². The molecule has 1 atom stereocenters. The second-order valence-electron chi connectivity index (χ2n) is 4.54. The smallest absolute Gasteiger partial charge is 0.320 e. The number of ether oxygens (including phenoxy) is 2. The molecule has 1 aromatic heterocycles. The number of aromatic nitrogens is 3. The number of esters is 2. The fourth-order valence-electron chi connectivity index (χ4n) is 1.69. The third kappa shape index (κ3) is 6.46. The minimum absolute atomic E-state index is 0.0594. The van der Waals surface area contributed by atoms with Crippen molar-refractivity contribution in [1.82, 2.24) is 15.2 Å². The second-order valence-corrected chi connectivity index (χ2v) is 5.71. The van der Waals surface area contributed by atoms with Crippen molar-refractivity contribution in [3.63, 3.8) is 0 Å². The van der Waals surface area contributed by atoms with Crippen molar-refractivity contribution in [3.05, 3.63) is 5.82 Å². The molecule has 22 heavy (non-hydrogen) atoms. The van der Waals surface area contributed by atoms with E-state index < -0.39 is 17.2 Å². The van der Waals surface area contributed by atoms with Gasteiger partial charge >= 0.3 is 11.9 Å². The van der Waals surface area contributed by atoms with Gasteiger partial charge in [-0.15, -0.1) is 5.10 Å². The first-order valence-electron chi connectivity index (χ1n) is 7.50. The summed E-state index contributed by atoms with van der Waals surface area (Å²) in [6, 6.07) is 0. The molecule has 0 fully saturated rings. The Morgan fingerprint density at radius 3 is 2.59 bits per heavy atom. The lowest BCUT2D eigenvalue weighted by Crippen LogP contribution is -2.24. The molecule has 7 nitrogen and oxygen atoms in total. The third-order valence-electron chi connectivity index (χ3n) is 2.73. The predicted octanol–water partition coefficient (Wildman–Crippen LogP) is 2.12. The average molecular weight is 329 g/mol. The minimum Gasteiger partial charge on any atom is -0.466 e. The van der Waals surface area contributed by atoms with Gasteiger partial charge in [0.25, 0.3) is 0 Å². The van der Waals surface area contributed by atoms with Crippen LogP contribution in [0.2, 0.25) is 0 Å². The van der Waals surface area contributed by atoms with E-state index >= 15 is 0 Å². The summed E-state index contributed by atoms with van der Waals surface area (Å²) in [4.78, 5) is 27.9. The van der Waals surface area contributed by atoms with Gasteiger partial charge in [0.2, 0.25) is 5.16 Å². The van der Waals surface area contributed by atoms with E-state index in [-0.39, 0.29) is 19.6 Å². The summed E-state index contributed by atoms with van der Waals surface area (Å²) >= 11 is 1.12. The molecule has 124 valence electrons. The molecule has 1 unspecified atom stereocenters. The van der Waals surface area contributed by atoms with Crippen molar-refractivity contribution in [1.29, 1.82) is 0 Å². The molecule has 0 radical (unpaired) electrons. The van der Waals surface area contributed by atoms with Crippen LogP contribution in [0.4, 0.5) is 0 Å². The molecule has 0 aliphatic rings. The Bertz CT molecular complexity index is 478. The molecule has 1 aromatic rings. The molecule has 0 saturated heterocycles. The molecular weight excluding hydrogens is 306 g/mol. The van der Waals surface area contributed by atoms with Crippen LogP contribution >= 0.6 is 11.8 Å². The van der Waals surface area contributed by atoms with Crippen LogP contribution in [0.1, 0.15) is 45.9 Å². The number of nitrogens with zero attached hydrogens (tertiary/aromatic N) is 2. The van der Waals surface area contributed by atoms with Crippen molar-refractivity contribution in [3.8, 4) is 0 Å². The maximum atomic E-state index is 11.9. The van der Waals surface area contributed by atoms with E-state index in [0.29, 0.717) is 5.16 Å². The first-order valence-corrected chi connectivity index (χ1v) is 8.38. The van der Waals surface area contributed by atoms with Crippen LogP contribution in [0.5, 0.6) is 0 Å². The van der Waals surface area contributed by atoms with Gasteiger partial charge in [0.05, 0.1) is 19.6 Å². The summed E-state index contributed by atoms with van der Waals surface area (Å²) in [6.07, 6.45) is 2.84. The largest absolute Gasteiger partial charge is 0.466 e. The Labute approximate surface area is 134 Å². The number of hydrogen-bond acceptors (Lipinski definition) is 7. The molecule has 0 bridgehead atoms. The Morgan fingerprint density at radius 2 is 1.95 bits per heavy atom. The minimum atomic E-state index is -0.700. The van der Waals surface area contributed by atoms with E-state index in [1.54, 1.807) is 13.8 Å². The summed E-state index contributed by atoms with van der Waals surface area (Å²) in [5.41, 5.74) is 0. The number of carbonyl (C=O) groups is 2. The third-order valence-corrected chi connectivity index (χ3v) is 3.77. The molecule has 1 rings (SSSR count). The molecule has 8 heteroatoms. The van der Waals surface area contributed by atoms with Gasteiger partial charge in [-0.3, -0.25) is 14.7 Å². The molecule has 0 aromatic carbocycles. The standard InChI is InChI=1S/C14H23N3O4S/c1-4-7-8-11-15-14(17-16-11)22-10(13(19)21-6-3)9-12(18)20-5-2/h10H,4-9H2,1-3H3,(H,15,16,17). The van der Waals surface area contributed by atoms with E-state index in [1.165, 1.54) is 0 Å². The van der Waals surface area contributed by atoms with Gasteiger partial charge < -0.3 is 9.47 Å². The molecule has 1 N–H and O–H groups in total. The van der Waals surface area contributed by atoms with Crippen LogP contribution in [0.25, 0.3) is 0 Å². The lowest BCUT2D eigenvalue weighted by Gasteiger charge is -2.12. The lowest BCUT2D eigenvalue weighted by molar-refractivity contribution is -0.149. The molecule has 0 aliphatic heterocycles. The number of nitrogens with one attached hydrogen (secondary N) is 1. The van der Waals surface area contributed by atoms with Crippen LogP contribution in [0.15, 0.2) is 5.16 Å². The number of thioether (sulfide) groups is 1. The Hall–Kier alpha value is -1.57. The fourth-order valence-corrected chi connectivity index (χ4v) is 2.59. The van der Waals surface area contributed by atoms with Crippen molar-refractivity contribution >= 4 is 23.7 Å². The number of hydrogen-bond donors (Lipinski definition) is 1. The number of H-pyrrole nitrogens is 1. The quantitative estimate of drug-likeness (QED) is 0.519. The van der Waals surface area contributed by atoms with Gasteiger partial charge in [-0.2, -0.15) is 0 Å². The number of aromatic amines is 1. The molecule has 0 aliphatic carbocycles. The highest BCUT2D eigenvalue weighted by Gasteiger charge is 2.27. The van der Waals surface area contributed by atoms with E-state index in [9.17, 15) is 9.59 Å². The van der Waals surface area contributed by atoms with Crippen LogP contribution in [0.3, 0.4) is 0 Å². The SMILES string of the molecule is CCCCc1nc(SC(CC(=O)OCC)C(=O)OCC)n[nH]1. The molecular formula is C14H23N3O4S. The van der Waals surface area contributed by atoms with E-state index in [1.807, 2.05) is 0 Å². The number of unbranched alkanes of at least 4 members (excludes halogenated alkanes) is 1. The monoisotopic (exact) mass is 329 g/mol. The number of aryl methyl sites for hydroxylation is 1. The highest BCUT2D eigenvalue weighted by molar-refractivity contribution is 8.00. The van der Waals surface area contributed by atoms with Gasteiger partial charge in [0, 0.05) is 6.42 Å². The Balaban J connectivity index is 2.68. The second kappa shape index (κ2) is 10.2. The average Bonchev–Trinajstić information content (AvgIpc) is 2.92. The zero-order chi connectivity index (χ0) is 16.4. The molecule has 0 spiro atoms. The lowest BCUT2D eigenvalue weighted by atomic mass is 10.2. The zero-order valence-electron chi connectivity index (χ0n) is 13.3. The van der Waals surface area contributed by atoms with Crippen LogP contribution < -0.4 is 0 Å². The van der Waals surface area contributed by atoms with Crippen molar-refractivity contribution < 1.29 is 19.1 Å². The maximum Gasteiger partial charge on any atom is 0.320 e. The first kappa shape index (κ1) is 18.5. The van der Waals surface area contributed by atoms with Gasteiger partial charge in [0.15, 0.2) is 0 Å². The number of rotatable bonds is 10. The summed E-state index contributed by atoms with van der Waals surface area (Å²) in [5.74, 6) is -0.113. The summed E-state index contributed by atoms with van der Waals surface area (Å²) < 4.78 is 9.88. The molecule has 0 saturated carbocycles. The molecule has 1 heterocycles. The predicted molar refractivity (Wildman–Crippen MR) is 82.5 cm³/mol. The van der Waals surface area contributed by atoms with Crippen molar-refractivity contribution in [2.75, 3.05) is 13.2 Å². The van der Waals surface area contributed by atoms with Crippen molar-refractivity contribution in [2.24, 2.45) is 0 Å². The maximum absolute atomic E-state index is 11.9. The van der Waals surface area contributed by atoms with Gasteiger partial charge in [0.1, 0.15) is 11.1 Å². The van der Waals surface area contributed by atoms with Crippen LogP contribution in [0, 0.1) is 0 Å². The van der Waals surface area contributed by atoms with Crippen molar-refractivity contribution in [2.45, 2.75) is 56.9 Å². The number of carbonyl (C=O) groups excluding carboxylic acids is 2. The van der Waals surface area contributed by atoms with Crippen LogP contribution in [-0.4, -0.2) is 45.6 Å². The topological polar surface area (TPSA) is 94.2 Å². The van der Waals surface area contributed by atoms with E-state index in [4.69, 9.17) is 9.47 Å². The van der Waals surface area contributed by atoms with E-state index in [2.05, 4.69) is 22.1 Å². The van der Waals surface area contributed by atoms with Gasteiger partial charge in [-0.05, 0) is 20.3 Å². The zero-order valence-corrected chi connectivity index (χ0v) is 14.1. The summed E-state index contributed by atoms with van der Waals surface area (Å²) in [7, 11) is 0. The highest BCUT2D eigenvalue weighted by Crippen LogP contribution is 2.24. The normalized spacial score (nSPS) is 12.0. The molecule has 0 amide bonds. The van der Waals surface area contributed by atoms with Crippen LogP contribution in [-0.2, 0) is 25.5 Å². The Kier molecular flexibility index (Phi) is 8.57. The summed E-state index contributed by atoms with van der Waals surface area (Å²) in [5, 5.41) is 6.65. The first-order chi connectivity index (χ1) is 10.6. The van der Waals surface area contributed by atoms with Gasteiger partial charge in [-0.1, -0.05) is 25.1 Å². The summed E-state index contributed by atoms with van der Waals surface area (Å²) in [6.45, 7) is 6.08. The Morgan fingerprint density at radius 1 is 1.23 bits per heavy atom. The highest BCUT2D eigenvalue weighted by atomic mass is 32.2. The fraction of sp³-hybridized carbons (Fsp3) is 0.714.